The number of halogens is 1. The van der Waals surface area contributed by atoms with E-state index in [1.54, 1.807) is 19.1 Å². The Morgan fingerprint density at radius 1 is 1.27 bits per heavy atom. The molecule has 1 nitrogen and oxygen atoms in total. The van der Waals surface area contributed by atoms with Gasteiger partial charge in [0.25, 0.3) is 0 Å². The maximum atomic E-state index is 13.0. The van der Waals surface area contributed by atoms with Gasteiger partial charge < -0.3 is 5.11 Å². The molecular weight excluding hydrogens is 211 g/mol. The van der Waals surface area contributed by atoms with Gasteiger partial charge in [-0.1, -0.05) is 12.1 Å². The molecular formula is C12H11FOS. The Hall–Kier alpha value is -1.19. The van der Waals surface area contributed by atoms with Crippen molar-refractivity contribution in [1.29, 1.82) is 0 Å². The fourth-order valence-electron chi connectivity index (χ4n) is 1.50. The fraction of sp³-hybridized carbons (Fsp3) is 0.167. The zero-order chi connectivity index (χ0) is 10.9. The fourth-order valence-corrected chi connectivity index (χ4v) is 2.26. The minimum atomic E-state index is -1.12. The van der Waals surface area contributed by atoms with E-state index in [0.29, 0.717) is 5.56 Å². The van der Waals surface area contributed by atoms with Crippen LogP contribution in [0.15, 0.2) is 41.1 Å². The molecule has 1 N–H and O–H groups in total. The molecule has 3 heteroatoms. The van der Waals surface area contributed by atoms with E-state index < -0.39 is 5.60 Å². The summed E-state index contributed by atoms with van der Waals surface area (Å²) in [5, 5.41) is 14.1. The second-order valence-electron chi connectivity index (χ2n) is 3.59. The lowest BCUT2D eigenvalue weighted by atomic mass is 9.90. The second kappa shape index (κ2) is 3.76. The Kier molecular flexibility index (Phi) is 2.59. The van der Waals surface area contributed by atoms with Crippen LogP contribution in [-0.2, 0) is 5.60 Å². The molecule has 0 bridgehead atoms. The number of hydrogen-bond donors (Lipinski definition) is 1. The molecule has 0 saturated carbocycles. The Bertz CT molecular complexity index is 448. The maximum Gasteiger partial charge on any atom is 0.123 e. The van der Waals surface area contributed by atoms with Crippen LogP contribution in [0.25, 0.3) is 0 Å². The summed E-state index contributed by atoms with van der Waals surface area (Å²) in [6.45, 7) is 1.67. The van der Waals surface area contributed by atoms with Gasteiger partial charge in [0.15, 0.2) is 0 Å². The van der Waals surface area contributed by atoms with Crippen molar-refractivity contribution in [3.05, 3.63) is 58.0 Å². The predicted octanol–water partition coefficient (Wildman–Crippen LogP) is 3.14. The van der Waals surface area contributed by atoms with E-state index in [0.717, 1.165) is 5.56 Å². The van der Waals surface area contributed by atoms with Crippen LogP contribution in [0, 0.1) is 5.82 Å². The van der Waals surface area contributed by atoms with E-state index in [1.807, 2.05) is 16.8 Å². The first-order valence-corrected chi connectivity index (χ1v) is 5.56. The predicted molar refractivity (Wildman–Crippen MR) is 59.4 cm³/mol. The standard InChI is InChI=1S/C12H11FOS/c1-12(14,10-5-6-15-8-10)9-3-2-4-11(13)7-9/h2-8,14H,1H3. The molecule has 1 aromatic carbocycles. The smallest absolute Gasteiger partial charge is 0.123 e. The van der Waals surface area contributed by atoms with Crippen molar-refractivity contribution >= 4 is 11.3 Å². The van der Waals surface area contributed by atoms with E-state index in [-0.39, 0.29) is 5.82 Å². The summed E-state index contributed by atoms with van der Waals surface area (Å²) < 4.78 is 13.0. The lowest BCUT2D eigenvalue weighted by Crippen LogP contribution is -2.21. The number of thiophene rings is 1. The molecule has 0 amide bonds. The average Bonchev–Trinajstić information content (AvgIpc) is 2.71. The molecule has 1 unspecified atom stereocenters. The molecule has 0 aliphatic carbocycles. The zero-order valence-corrected chi connectivity index (χ0v) is 9.09. The molecule has 2 aromatic rings. The largest absolute Gasteiger partial charge is 0.381 e. The van der Waals surface area contributed by atoms with E-state index in [1.165, 1.54) is 23.5 Å². The quantitative estimate of drug-likeness (QED) is 0.827. The minimum absolute atomic E-state index is 0.331. The van der Waals surface area contributed by atoms with Gasteiger partial charge in [-0.05, 0) is 47.0 Å². The summed E-state index contributed by atoms with van der Waals surface area (Å²) in [5.41, 5.74) is 0.237. The highest BCUT2D eigenvalue weighted by Gasteiger charge is 2.26. The SMILES string of the molecule is CC(O)(c1ccsc1)c1cccc(F)c1. The van der Waals surface area contributed by atoms with Crippen molar-refractivity contribution in [2.45, 2.75) is 12.5 Å². The van der Waals surface area contributed by atoms with Crippen LogP contribution in [0.2, 0.25) is 0 Å². The van der Waals surface area contributed by atoms with Gasteiger partial charge in [-0.3, -0.25) is 0 Å². The summed E-state index contributed by atoms with van der Waals surface area (Å²) in [6, 6.07) is 7.90. The monoisotopic (exact) mass is 222 g/mol. The Labute approximate surface area is 91.8 Å². The first-order valence-electron chi connectivity index (χ1n) is 4.62. The highest BCUT2D eigenvalue weighted by molar-refractivity contribution is 7.08. The third kappa shape index (κ3) is 1.94. The highest BCUT2D eigenvalue weighted by Crippen LogP contribution is 2.30. The van der Waals surface area contributed by atoms with E-state index in [2.05, 4.69) is 0 Å². The van der Waals surface area contributed by atoms with Gasteiger partial charge >= 0.3 is 0 Å². The molecule has 1 heterocycles. The summed E-state index contributed by atoms with van der Waals surface area (Å²) in [6.07, 6.45) is 0. The van der Waals surface area contributed by atoms with E-state index in [4.69, 9.17) is 0 Å². The third-order valence-corrected chi connectivity index (χ3v) is 3.15. The van der Waals surface area contributed by atoms with E-state index >= 15 is 0 Å². The Balaban J connectivity index is 2.46. The van der Waals surface area contributed by atoms with Crippen molar-refractivity contribution in [2.75, 3.05) is 0 Å². The van der Waals surface area contributed by atoms with Crippen LogP contribution in [0.4, 0.5) is 4.39 Å². The maximum absolute atomic E-state index is 13.0. The number of benzene rings is 1. The summed E-state index contributed by atoms with van der Waals surface area (Å²) in [7, 11) is 0. The molecule has 0 radical (unpaired) electrons. The van der Waals surface area contributed by atoms with Crippen molar-refractivity contribution in [3.8, 4) is 0 Å². The van der Waals surface area contributed by atoms with Crippen LogP contribution >= 0.6 is 11.3 Å². The number of hydrogen-bond acceptors (Lipinski definition) is 2. The Morgan fingerprint density at radius 3 is 2.67 bits per heavy atom. The minimum Gasteiger partial charge on any atom is -0.381 e. The first-order chi connectivity index (χ1) is 7.10. The third-order valence-electron chi connectivity index (χ3n) is 2.47. The lowest BCUT2D eigenvalue weighted by molar-refractivity contribution is 0.102. The molecule has 0 spiro atoms. The van der Waals surface area contributed by atoms with Crippen LogP contribution in [0.3, 0.4) is 0 Å². The highest BCUT2D eigenvalue weighted by atomic mass is 32.1. The molecule has 1 atom stereocenters. The summed E-state index contributed by atoms with van der Waals surface area (Å²) in [4.78, 5) is 0. The van der Waals surface area contributed by atoms with Crippen molar-refractivity contribution < 1.29 is 9.50 Å². The lowest BCUT2D eigenvalue weighted by Gasteiger charge is -2.22. The zero-order valence-electron chi connectivity index (χ0n) is 8.27. The molecule has 0 aliphatic heterocycles. The molecule has 15 heavy (non-hydrogen) atoms. The van der Waals surface area contributed by atoms with Crippen LogP contribution in [-0.4, -0.2) is 5.11 Å². The number of rotatable bonds is 2. The van der Waals surface area contributed by atoms with E-state index in [9.17, 15) is 9.50 Å². The first kappa shape index (κ1) is 10.3. The topological polar surface area (TPSA) is 20.2 Å². The van der Waals surface area contributed by atoms with Crippen LogP contribution in [0.1, 0.15) is 18.1 Å². The van der Waals surface area contributed by atoms with Crippen LogP contribution < -0.4 is 0 Å². The van der Waals surface area contributed by atoms with Gasteiger partial charge in [0.2, 0.25) is 0 Å². The van der Waals surface area contributed by atoms with Gasteiger partial charge in [-0.25, -0.2) is 4.39 Å². The van der Waals surface area contributed by atoms with Gasteiger partial charge in [0, 0.05) is 0 Å². The average molecular weight is 222 g/mol. The van der Waals surface area contributed by atoms with Gasteiger partial charge in [-0.2, -0.15) is 11.3 Å². The molecule has 0 aliphatic rings. The Morgan fingerprint density at radius 2 is 2.07 bits per heavy atom. The van der Waals surface area contributed by atoms with Gasteiger partial charge in [-0.15, -0.1) is 0 Å². The normalized spacial score (nSPS) is 14.9. The summed E-state index contributed by atoms with van der Waals surface area (Å²) in [5.74, 6) is -0.331. The van der Waals surface area contributed by atoms with Gasteiger partial charge in [0.1, 0.15) is 11.4 Å². The second-order valence-corrected chi connectivity index (χ2v) is 4.37. The van der Waals surface area contributed by atoms with Crippen LogP contribution in [0.5, 0.6) is 0 Å². The molecule has 0 saturated heterocycles. The molecule has 78 valence electrons. The molecule has 0 fully saturated rings. The van der Waals surface area contributed by atoms with Gasteiger partial charge in [0.05, 0.1) is 0 Å². The molecule has 2 rings (SSSR count). The number of aliphatic hydroxyl groups is 1. The molecule has 1 aromatic heterocycles. The van der Waals surface area contributed by atoms with Crippen molar-refractivity contribution in [3.63, 3.8) is 0 Å². The summed E-state index contributed by atoms with van der Waals surface area (Å²) >= 11 is 1.51. The van der Waals surface area contributed by atoms with Crippen molar-refractivity contribution in [1.82, 2.24) is 0 Å². The van der Waals surface area contributed by atoms with Crippen molar-refractivity contribution in [2.24, 2.45) is 0 Å².